The van der Waals surface area contributed by atoms with Gasteiger partial charge in [-0.3, -0.25) is 4.79 Å². The third-order valence-electron chi connectivity index (χ3n) is 1.22. The topological polar surface area (TPSA) is 29.1 Å². The summed E-state index contributed by atoms with van der Waals surface area (Å²) >= 11 is 0. The zero-order chi connectivity index (χ0) is 6.69. The first kappa shape index (κ1) is 6.08. The van der Waals surface area contributed by atoms with E-state index < -0.39 is 0 Å². The van der Waals surface area contributed by atoms with Gasteiger partial charge in [-0.25, -0.2) is 0 Å². The Kier molecular flexibility index (Phi) is 1.68. The van der Waals surface area contributed by atoms with Crippen molar-refractivity contribution in [2.24, 2.45) is 0 Å². The number of hydrogen-bond acceptors (Lipinski definition) is 1. The Labute approximate surface area is 54.3 Å². The molecule has 9 heavy (non-hydrogen) atoms. The van der Waals surface area contributed by atoms with Gasteiger partial charge in [0.15, 0.2) is 0 Å². The van der Waals surface area contributed by atoms with Crippen LogP contribution in [0, 0.1) is 0 Å². The Balaban J connectivity index is 2.74. The minimum Gasteiger partial charge on any atom is -0.349 e. The molecule has 0 bridgehead atoms. The largest absolute Gasteiger partial charge is 0.349 e. The molecule has 1 heterocycles. The highest BCUT2D eigenvalue weighted by molar-refractivity contribution is 5.93. The third kappa shape index (κ3) is 1.42. The van der Waals surface area contributed by atoms with Crippen molar-refractivity contribution < 1.29 is 4.79 Å². The third-order valence-corrected chi connectivity index (χ3v) is 1.22. The van der Waals surface area contributed by atoms with Crippen molar-refractivity contribution in [2.45, 2.75) is 6.92 Å². The van der Waals surface area contributed by atoms with Crippen LogP contribution in [0.15, 0.2) is 23.8 Å². The first-order valence-corrected chi connectivity index (χ1v) is 2.92. The van der Waals surface area contributed by atoms with Crippen molar-refractivity contribution in [3.8, 4) is 0 Å². The summed E-state index contributed by atoms with van der Waals surface area (Å²) in [6, 6.07) is 0. The van der Waals surface area contributed by atoms with Gasteiger partial charge in [0, 0.05) is 12.1 Å². The van der Waals surface area contributed by atoms with Crippen LogP contribution in [0.25, 0.3) is 0 Å². The monoisotopic (exact) mass is 123 g/mol. The first-order chi connectivity index (χ1) is 4.30. The molecule has 1 rings (SSSR count). The highest BCUT2D eigenvalue weighted by Crippen LogP contribution is 1.95. The van der Waals surface area contributed by atoms with Crippen LogP contribution in [-0.4, -0.2) is 12.5 Å². The van der Waals surface area contributed by atoms with E-state index in [1.54, 1.807) is 6.92 Å². The Morgan fingerprint density at radius 1 is 1.67 bits per heavy atom. The van der Waals surface area contributed by atoms with Gasteiger partial charge >= 0.3 is 0 Å². The van der Waals surface area contributed by atoms with Crippen molar-refractivity contribution in [2.75, 3.05) is 6.54 Å². The minimum atomic E-state index is 0.0278. The summed E-state index contributed by atoms with van der Waals surface area (Å²) in [5, 5.41) is 2.70. The molecule has 2 nitrogen and oxygen atoms in total. The van der Waals surface area contributed by atoms with Crippen LogP contribution in [0.4, 0.5) is 0 Å². The quantitative estimate of drug-likeness (QED) is 0.502. The van der Waals surface area contributed by atoms with Crippen molar-refractivity contribution in [1.29, 1.82) is 0 Å². The summed E-state index contributed by atoms with van der Waals surface area (Å²) in [4.78, 5) is 10.8. The molecule has 0 aromatic rings. The van der Waals surface area contributed by atoms with Crippen LogP contribution < -0.4 is 5.32 Å². The van der Waals surface area contributed by atoms with Crippen molar-refractivity contribution in [1.82, 2.24) is 5.32 Å². The van der Waals surface area contributed by atoms with Crippen molar-refractivity contribution >= 4 is 5.91 Å². The molecule has 1 aliphatic heterocycles. The van der Waals surface area contributed by atoms with Crippen LogP contribution in [0.5, 0.6) is 0 Å². The lowest BCUT2D eigenvalue weighted by atomic mass is 10.3. The highest BCUT2D eigenvalue weighted by atomic mass is 16.1. The summed E-state index contributed by atoms with van der Waals surface area (Å²) in [7, 11) is 0. The first-order valence-electron chi connectivity index (χ1n) is 2.92. The Hall–Kier alpha value is -1.05. The maximum absolute atomic E-state index is 10.8. The fraction of sp³-hybridized carbons (Fsp3) is 0.286. The molecule has 0 spiro atoms. The molecule has 0 aliphatic carbocycles. The van der Waals surface area contributed by atoms with Crippen molar-refractivity contribution in [3.05, 3.63) is 23.8 Å². The van der Waals surface area contributed by atoms with Crippen LogP contribution in [0.3, 0.4) is 0 Å². The number of carbonyl (C=O) groups excluding carboxylic acids is 1. The minimum absolute atomic E-state index is 0.0278. The highest BCUT2D eigenvalue weighted by Gasteiger charge is 2.01. The Morgan fingerprint density at radius 2 is 2.44 bits per heavy atom. The average molecular weight is 123 g/mol. The van der Waals surface area contributed by atoms with E-state index in [0.717, 1.165) is 5.57 Å². The molecule has 2 heteroatoms. The number of allylic oxidation sites excluding steroid dienone is 2. The summed E-state index contributed by atoms with van der Waals surface area (Å²) < 4.78 is 0. The molecular formula is C7H9NO. The van der Waals surface area contributed by atoms with Crippen LogP contribution in [0.2, 0.25) is 0 Å². The lowest BCUT2D eigenvalue weighted by Gasteiger charge is -1.96. The lowest BCUT2D eigenvalue weighted by Crippen LogP contribution is -2.22. The van der Waals surface area contributed by atoms with Gasteiger partial charge < -0.3 is 5.32 Å². The molecule has 48 valence electrons. The summed E-state index contributed by atoms with van der Waals surface area (Å²) in [6.45, 7) is 2.44. The standard InChI is InChI=1S/C7H9NO/c1-6-4-2-3-5-8-7(6)9/h2-4H,5H2,1H3,(H,8,9). The average Bonchev–Trinajstić information content (AvgIpc) is 1.99. The van der Waals surface area contributed by atoms with E-state index in [4.69, 9.17) is 0 Å². The second-order valence-electron chi connectivity index (χ2n) is 1.99. The molecule has 0 fully saturated rings. The molecule has 0 saturated heterocycles. The van der Waals surface area contributed by atoms with Crippen LogP contribution in [0.1, 0.15) is 6.92 Å². The Bertz CT molecular complexity index is 179. The van der Waals surface area contributed by atoms with E-state index >= 15 is 0 Å². The molecule has 0 saturated carbocycles. The van der Waals surface area contributed by atoms with Gasteiger partial charge in [0.1, 0.15) is 0 Å². The number of nitrogens with one attached hydrogen (secondary N) is 1. The molecule has 0 aromatic carbocycles. The zero-order valence-electron chi connectivity index (χ0n) is 5.35. The van der Waals surface area contributed by atoms with Crippen LogP contribution in [-0.2, 0) is 4.79 Å². The predicted octanol–water partition coefficient (Wildman–Crippen LogP) is 0.619. The van der Waals surface area contributed by atoms with Gasteiger partial charge in [0.25, 0.3) is 0 Å². The fourth-order valence-electron chi connectivity index (χ4n) is 0.647. The van der Waals surface area contributed by atoms with Crippen molar-refractivity contribution in [3.63, 3.8) is 0 Å². The van der Waals surface area contributed by atoms with Gasteiger partial charge in [-0.1, -0.05) is 18.2 Å². The summed E-state index contributed by atoms with van der Waals surface area (Å²) in [6.07, 6.45) is 5.60. The number of amides is 1. The smallest absolute Gasteiger partial charge is 0.247 e. The zero-order valence-corrected chi connectivity index (χ0v) is 5.35. The summed E-state index contributed by atoms with van der Waals surface area (Å²) in [5.74, 6) is 0.0278. The molecule has 0 atom stereocenters. The van der Waals surface area contributed by atoms with Gasteiger partial charge in [0.05, 0.1) is 0 Å². The molecule has 0 aromatic heterocycles. The van der Waals surface area contributed by atoms with Gasteiger partial charge in [0.2, 0.25) is 5.91 Å². The van der Waals surface area contributed by atoms with E-state index in [-0.39, 0.29) is 5.91 Å². The molecule has 0 unspecified atom stereocenters. The van der Waals surface area contributed by atoms with E-state index in [9.17, 15) is 4.79 Å². The van der Waals surface area contributed by atoms with Gasteiger partial charge in [-0.05, 0) is 6.92 Å². The van der Waals surface area contributed by atoms with E-state index in [0.29, 0.717) is 6.54 Å². The van der Waals surface area contributed by atoms with E-state index in [1.807, 2.05) is 18.2 Å². The SMILES string of the molecule is CC1=CC=CCNC1=O. The molecule has 0 radical (unpaired) electrons. The molecule has 1 amide bonds. The van der Waals surface area contributed by atoms with Crippen LogP contribution >= 0.6 is 0 Å². The number of rotatable bonds is 0. The maximum Gasteiger partial charge on any atom is 0.247 e. The molecular weight excluding hydrogens is 114 g/mol. The molecule has 1 aliphatic rings. The number of hydrogen-bond donors (Lipinski definition) is 1. The lowest BCUT2D eigenvalue weighted by molar-refractivity contribution is -0.117. The second-order valence-corrected chi connectivity index (χ2v) is 1.99. The molecule has 1 N–H and O–H groups in total. The predicted molar refractivity (Wildman–Crippen MR) is 35.9 cm³/mol. The summed E-state index contributed by atoms with van der Waals surface area (Å²) in [5.41, 5.74) is 0.767. The number of carbonyl (C=O) groups is 1. The van der Waals surface area contributed by atoms with Gasteiger partial charge in [-0.15, -0.1) is 0 Å². The van der Waals surface area contributed by atoms with Gasteiger partial charge in [-0.2, -0.15) is 0 Å². The van der Waals surface area contributed by atoms with E-state index in [2.05, 4.69) is 5.32 Å². The maximum atomic E-state index is 10.8. The fourth-order valence-corrected chi connectivity index (χ4v) is 0.647. The van der Waals surface area contributed by atoms with E-state index in [1.165, 1.54) is 0 Å². The normalized spacial score (nSPS) is 18.3. The Morgan fingerprint density at radius 3 is 3.22 bits per heavy atom. The second kappa shape index (κ2) is 2.49.